The van der Waals surface area contributed by atoms with Crippen molar-refractivity contribution in [2.45, 2.75) is 20.4 Å². The summed E-state index contributed by atoms with van der Waals surface area (Å²) in [6.45, 7) is 4.38. The predicted molar refractivity (Wildman–Crippen MR) is 122 cm³/mol. The molecule has 0 amide bonds. The van der Waals surface area contributed by atoms with E-state index in [1.165, 1.54) is 6.33 Å². The topological polar surface area (TPSA) is 80.9 Å². The van der Waals surface area contributed by atoms with E-state index in [1.54, 1.807) is 25.8 Å². The van der Waals surface area contributed by atoms with E-state index in [2.05, 4.69) is 16.2 Å². The van der Waals surface area contributed by atoms with Gasteiger partial charge in [-0.25, -0.2) is 14.3 Å². The summed E-state index contributed by atoms with van der Waals surface area (Å²) >= 11 is 0. The van der Waals surface area contributed by atoms with Gasteiger partial charge in [0.25, 0.3) is 0 Å². The smallest absolute Gasteiger partial charge is 0.291 e. The first-order chi connectivity index (χ1) is 15.5. The number of benzene rings is 2. The van der Waals surface area contributed by atoms with Gasteiger partial charge in [-0.1, -0.05) is 24.3 Å². The summed E-state index contributed by atoms with van der Waals surface area (Å²) in [6, 6.07) is 21.2. The van der Waals surface area contributed by atoms with Gasteiger partial charge in [-0.15, -0.1) is 0 Å². The van der Waals surface area contributed by atoms with Crippen LogP contribution in [0.5, 0.6) is 0 Å². The van der Waals surface area contributed by atoms with E-state index in [9.17, 15) is 4.79 Å². The summed E-state index contributed by atoms with van der Waals surface area (Å²) in [7, 11) is 0. The number of aromatic nitrogens is 5. The molecule has 0 aliphatic carbocycles. The van der Waals surface area contributed by atoms with E-state index in [1.807, 2.05) is 68.6 Å². The largest absolute Gasteiger partial charge is 0.333 e. The molecule has 0 bridgehead atoms. The highest BCUT2D eigenvalue weighted by molar-refractivity contribution is 5.66. The van der Waals surface area contributed by atoms with Gasteiger partial charge in [0.2, 0.25) is 0 Å². The Morgan fingerprint density at radius 1 is 1.03 bits per heavy atom. The fourth-order valence-corrected chi connectivity index (χ4v) is 4.00. The third-order valence-corrected chi connectivity index (χ3v) is 5.62. The van der Waals surface area contributed by atoms with Gasteiger partial charge in [0.15, 0.2) is 5.65 Å². The van der Waals surface area contributed by atoms with Crippen molar-refractivity contribution < 1.29 is 0 Å². The number of fused-ring (bicyclic) bond motifs is 1. The molecule has 0 spiro atoms. The first-order valence-electron chi connectivity index (χ1n) is 10.2. The quantitative estimate of drug-likeness (QED) is 0.442. The Morgan fingerprint density at radius 3 is 2.59 bits per heavy atom. The van der Waals surface area contributed by atoms with Crippen LogP contribution in [0.1, 0.15) is 22.4 Å². The van der Waals surface area contributed by atoms with Crippen LogP contribution in [0.3, 0.4) is 0 Å². The van der Waals surface area contributed by atoms with Gasteiger partial charge in [0.1, 0.15) is 6.33 Å². The Bertz CT molecular complexity index is 1550. The first kappa shape index (κ1) is 19.5. The maximum Gasteiger partial charge on any atom is 0.333 e. The molecular weight excluding hydrogens is 400 g/mol. The number of aryl methyl sites for hydroxylation is 1. The molecule has 0 aliphatic rings. The second kappa shape index (κ2) is 7.67. The van der Waals surface area contributed by atoms with Crippen molar-refractivity contribution in [2.24, 2.45) is 0 Å². The molecule has 2 aromatic carbocycles. The maximum absolute atomic E-state index is 13.7. The molecule has 0 unspecified atom stereocenters. The molecule has 0 fully saturated rings. The molecule has 3 heterocycles. The van der Waals surface area contributed by atoms with Crippen LogP contribution in [0.4, 0.5) is 0 Å². The standard InChI is InChI=1S/C25H20N6O/c1-17-4-3-5-22(12-17)31-24(21-10-11-23-27-16-28-30(23)15-21)18(2)29(25(31)32)14-20-8-6-19(13-26)7-9-20/h3-12,15-16H,14H2,1-2H3. The molecule has 0 saturated carbocycles. The van der Waals surface area contributed by atoms with Crippen molar-refractivity contribution in [1.29, 1.82) is 5.26 Å². The minimum atomic E-state index is -0.119. The number of imidazole rings is 1. The molecule has 0 N–H and O–H groups in total. The number of rotatable bonds is 4. The van der Waals surface area contributed by atoms with E-state index in [-0.39, 0.29) is 5.69 Å². The summed E-state index contributed by atoms with van der Waals surface area (Å²) in [5.41, 5.74) is 6.59. The third kappa shape index (κ3) is 3.28. The lowest BCUT2D eigenvalue weighted by Gasteiger charge is -2.10. The summed E-state index contributed by atoms with van der Waals surface area (Å²) in [6.07, 6.45) is 3.40. The highest BCUT2D eigenvalue weighted by atomic mass is 16.1. The molecule has 0 saturated heterocycles. The van der Waals surface area contributed by atoms with Gasteiger partial charge in [-0.3, -0.25) is 9.13 Å². The lowest BCUT2D eigenvalue weighted by atomic mass is 10.1. The van der Waals surface area contributed by atoms with Crippen LogP contribution in [-0.2, 0) is 6.54 Å². The van der Waals surface area contributed by atoms with Crippen molar-refractivity contribution in [3.63, 3.8) is 0 Å². The Hall–Kier alpha value is -4.44. The van der Waals surface area contributed by atoms with Crippen LogP contribution in [0.2, 0.25) is 0 Å². The number of nitriles is 1. The first-order valence-corrected chi connectivity index (χ1v) is 10.2. The number of pyridine rings is 1. The second-order valence-electron chi connectivity index (χ2n) is 7.77. The SMILES string of the molecule is Cc1cccc(-n2c(-c3ccc4ncnn4c3)c(C)n(Cc3ccc(C#N)cc3)c2=O)c1. The highest BCUT2D eigenvalue weighted by Crippen LogP contribution is 2.27. The van der Waals surface area contributed by atoms with Crippen LogP contribution in [0.25, 0.3) is 22.6 Å². The average molecular weight is 420 g/mol. The maximum atomic E-state index is 13.7. The molecule has 0 atom stereocenters. The minimum Gasteiger partial charge on any atom is -0.291 e. The number of nitrogens with zero attached hydrogens (tertiary/aromatic N) is 6. The molecule has 32 heavy (non-hydrogen) atoms. The molecular formula is C25H20N6O. The van der Waals surface area contributed by atoms with E-state index in [4.69, 9.17) is 5.26 Å². The Balaban J connectivity index is 1.72. The van der Waals surface area contributed by atoms with Crippen LogP contribution >= 0.6 is 0 Å². The number of hydrogen-bond donors (Lipinski definition) is 0. The second-order valence-corrected chi connectivity index (χ2v) is 7.77. The molecule has 7 nitrogen and oxygen atoms in total. The van der Waals surface area contributed by atoms with E-state index < -0.39 is 0 Å². The van der Waals surface area contributed by atoms with Crippen molar-refractivity contribution >= 4 is 5.65 Å². The van der Waals surface area contributed by atoms with Gasteiger partial charge >= 0.3 is 5.69 Å². The van der Waals surface area contributed by atoms with Crippen LogP contribution in [0, 0.1) is 25.2 Å². The lowest BCUT2D eigenvalue weighted by molar-refractivity contribution is 0.723. The zero-order valence-electron chi connectivity index (χ0n) is 17.7. The summed E-state index contributed by atoms with van der Waals surface area (Å²) < 4.78 is 5.23. The Labute approximate surface area is 184 Å². The fourth-order valence-electron chi connectivity index (χ4n) is 4.00. The molecule has 3 aromatic heterocycles. The molecule has 7 heteroatoms. The lowest BCUT2D eigenvalue weighted by Crippen LogP contribution is -2.24. The molecule has 5 rings (SSSR count). The Kier molecular flexibility index (Phi) is 4.68. The molecule has 0 aliphatic heterocycles. The monoisotopic (exact) mass is 420 g/mol. The van der Waals surface area contributed by atoms with Gasteiger partial charge in [0, 0.05) is 17.5 Å². The number of hydrogen-bond acceptors (Lipinski definition) is 4. The van der Waals surface area contributed by atoms with E-state index in [0.29, 0.717) is 12.1 Å². The fraction of sp³-hybridized carbons (Fsp3) is 0.120. The van der Waals surface area contributed by atoms with Gasteiger partial charge in [-0.2, -0.15) is 10.4 Å². The summed E-state index contributed by atoms with van der Waals surface area (Å²) in [5.74, 6) is 0. The van der Waals surface area contributed by atoms with Gasteiger partial charge in [-0.05, 0) is 61.4 Å². The zero-order chi connectivity index (χ0) is 22.2. The minimum absolute atomic E-state index is 0.119. The van der Waals surface area contributed by atoms with Gasteiger partial charge in [0.05, 0.1) is 29.6 Å². The summed E-state index contributed by atoms with van der Waals surface area (Å²) in [5, 5.41) is 13.3. The molecule has 5 aromatic rings. The highest BCUT2D eigenvalue weighted by Gasteiger charge is 2.20. The van der Waals surface area contributed by atoms with Crippen molar-refractivity contribution in [1.82, 2.24) is 23.7 Å². The van der Waals surface area contributed by atoms with Crippen molar-refractivity contribution in [2.75, 3.05) is 0 Å². The van der Waals surface area contributed by atoms with Crippen LogP contribution < -0.4 is 5.69 Å². The third-order valence-electron chi connectivity index (χ3n) is 5.62. The van der Waals surface area contributed by atoms with Crippen molar-refractivity contribution in [3.05, 3.63) is 106 Å². The Morgan fingerprint density at radius 2 is 1.84 bits per heavy atom. The predicted octanol–water partition coefficient (Wildman–Crippen LogP) is 3.89. The van der Waals surface area contributed by atoms with Crippen LogP contribution in [-0.4, -0.2) is 23.7 Å². The van der Waals surface area contributed by atoms with Gasteiger partial charge < -0.3 is 0 Å². The van der Waals surface area contributed by atoms with E-state index in [0.717, 1.165) is 39.4 Å². The average Bonchev–Trinajstić information content (AvgIpc) is 3.37. The van der Waals surface area contributed by atoms with Crippen molar-refractivity contribution in [3.8, 4) is 23.0 Å². The normalized spacial score (nSPS) is 11.0. The molecule has 156 valence electrons. The van der Waals surface area contributed by atoms with E-state index >= 15 is 0 Å². The zero-order valence-corrected chi connectivity index (χ0v) is 17.7. The van der Waals surface area contributed by atoms with Crippen LogP contribution in [0.15, 0.2) is 78.0 Å². The summed E-state index contributed by atoms with van der Waals surface area (Å²) in [4.78, 5) is 17.9. The molecule has 0 radical (unpaired) electrons.